The zero-order chi connectivity index (χ0) is 14.7. The highest BCUT2D eigenvalue weighted by molar-refractivity contribution is 5.33. The standard InChI is InChI=1S/C17H29N3/c1-13-7-8-16(14(2)10-13)17(11-18)20-9-5-6-15(12-20)19(3)4/h7-8,10,15,17H,5-6,9,11-12,18H2,1-4H3. The Kier molecular flexibility index (Phi) is 5.19. The first kappa shape index (κ1) is 15.5. The van der Waals surface area contributed by atoms with Crippen molar-refractivity contribution in [1.82, 2.24) is 9.80 Å². The smallest absolute Gasteiger partial charge is 0.0473 e. The molecule has 1 aromatic rings. The van der Waals surface area contributed by atoms with Crippen molar-refractivity contribution in [1.29, 1.82) is 0 Å². The molecule has 0 aromatic heterocycles. The normalized spacial score (nSPS) is 22.2. The van der Waals surface area contributed by atoms with Gasteiger partial charge in [0.05, 0.1) is 0 Å². The molecule has 3 nitrogen and oxygen atoms in total. The Bertz CT molecular complexity index is 442. The van der Waals surface area contributed by atoms with Crippen LogP contribution in [0.1, 0.15) is 35.6 Å². The lowest BCUT2D eigenvalue weighted by molar-refractivity contribution is 0.0982. The third kappa shape index (κ3) is 3.40. The van der Waals surface area contributed by atoms with Gasteiger partial charge in [-0.1, -0.05) is 23.8 Å². The second kappa shape index (κ2) is 6.70. The summed E-state index contributed by atoms with van der Waals surface area (Å²) < 4.78 is 0. The molecular formula is C17H29N3. The predicted molar refractivity (Wildman–Crippen MR) is 86.0 cm³/mol. The second-order valence-electron chi connectivity index (χ2n) is 6.37. The fourth-order valence-electron chi connectivity index (χ4n) is 3.36. The van der Waals surface area contributed by atoms with Gasteiger partial charge in [0.25, 0.3) is 0 Å². The van der Waals surface area contributed by atoms with Crippen LogP contribution in [0.15, 0.2) is 18.2 Å². The Morgan fingerprint density at radius 1 is 1.35 bits per heavy atom. The first-order valence-corrected chi connectivity index (χ1v) is 7.70. The Morgan fingerprint density at radius 2 is 2.10 bits per heavy atom. The van der Waals surface area contributed by atoms with Crippen LogP contribution in [-0.4, -0.2) is 49.6 Å². The molecule has 0 spiro atoms. The highest BCUT2D eigenvalue weighted by Crippen LogP contribution is 2.27. The zero-order valence-corrected chi connectivity index (χ0v) is 13.4. The molecule has 1 aliphatic heterocycles. The average molecular weight is 275 g/mol. The molecule has 112 valence electrons. The van der Waals surface area contributed by atoms with Crippen LogP contribution in [-0.2, 0) is 0 Å². The van der Waals surface area contributed by atoms with Crippen LogP contribution < -0.4 is 5.73 Å². The van der Waals surface area contributed by atoms with E-state index in [4.69, 9.17) is 5.73 Å². The molecule has 0 saturated carbocycles. The lowest BCUT2D eigenvalue weighted by Gasteiger charge is -2.40. The third-order valence-electron chi connectivity index (χ3n) is 4.61. The van der Waals surface area contributed by atoms with Crippen LogP contribution in [0.3, 0.4) is 0 Å². The number of rotatable bonds is 4. The fourth-order valence-corrected chi connectivity index (χ4v) is 3.36. The van der Waals surface area contributed by atoms with E-state index >= 15 is 0 Å². The number of hydrogen-bond donors (Lipinski definition) is 1. The summed E-state index contributed by atoms with van der Waals surface area (Å²) in [6.45, 7) is 7.35. The Morgan fingerprint density at radius 3 is 2.70 bits per heavy atom. The van der Waals surface area contributed by atoms with Gasteiger partial charge in [0.15, 0.2) is 0 Å². The maximum atomic E-state index is 6.11. The van der Waals surface area contributed by atoms with E-state index in [-0.39, 0.29) is 0 Å². The molecule has 2 unspecified atom stereocenters. The predicted octanol–water partition coefficient (Wildman–Crippen LogP) is 2.33. The van der Waals surface area contributed by atoms with Crippen molar-refractivity contribution >= 4 is 0 Å². The van der Waals surface area contributed by atoms with E-state index in [1.165, 1.54) is 36.1 Å². The Balaban J connectivity index is 2.19. The molecule has 1 fully saturated rings. The van der Waals surface area contributed by atoms with Crippen LogP contribution in [0.25, 0.3) is 0 Å². The number of likely N-dealkylation sites (N-methyl/N-ethyl adjacent to an activating group) is 1. The summed E-state index contributed by atoms with van der Waals surface area (Å²) >= 11 is 0. The van der Waals surface area contributed by atoms with Gasteiger partial charge in [0, 0.05) is 25.2 Å². The van der Waals surface area contributed by atoms with E-state index in [1.54, 1.807) is 0 Å². The van der Waals surface area contributed by atoms with Gasteiger partial charge in [-0.3, -0.25) is 4.90 Å². The molecule has 2 N–H and O–H groups in total. The van der Waals surface area contributed by atoms with Gasteiger partial charge in [-0.2, -0.15) is 0 Å². The number of nitrogens with two attached hydrogens (primary N) is 1. The number of piperidine rings is 1. The van der Waals surface area contributed by atoms with Gasteiger partial charge in [0.2, 0.25) is 0 Å². The average Bonchev–Trinajstić information content (AvgIpc) is 2.42. The SMILES string of the molecule is Cc1ccc(C(CN)N2CCCC(N(C)C)C2)c(C)c1. The number of nitrogens with zero attached hydrogens (tertiary/aromatic N) is 2. The minimum Gasteiger partial charge on any atom is -0.329 e. The molecule has 1 heterocycles. The molecule has 0 bridgehead atoms. The summed E-state index contributed by atoms with van der Waals surface area (Å²) in [5, 5.41) is 0. The lowest BCUT2D eigenvalue weighted by Crippen LogP contribution is -2.48. The van der Waals surface area contributed by atoms with Crippen molar-refractivity contribution in [3.05, 3.63) is 34.9 Å². The molecular weight excluding hydrogens is 246 g/mol. The molecule has 2 rings (SSSR count). The molecule has 0 aliphatic carbocycles. The lowest BCUT2D eigenvalue weighted by atomic mass is 9.95. The summed E-state index contributed by atoms with van der Waals surface area (Å²) in [7, 11) is 4.37. The summed E-state index contributed by atoms with van der Waals surface area (Å²) in [4.78, 5) is 4.92. The number of likely N-dealkylation sites (tertiary alicyclic amines) is 1. The van der Waals surface area contributed by atoms with E-state index in [0.717, 1.165) is 6.54 Å². The highest BCUT2D eigenvalue weighted by Gasteiger charge is 2.27. The first-order valence-electron chi connectivity index (χ1n) is 7.70. The molecule has 0 amide bonds. The van der Waals surface area contributed by atoms with E-state index in [0.29, 0.717) is 18.6 Å². The summed E-state index contributed by atoms with van der Waals surface area (Å²) in [5.74, 6) is 0. The number of benzene rings is 1. The van der Waals surface area contributed by atoms with Crippen molar-refractivity contribution in [3.8, 4) is 0 Å². The third-order valence-corrected chi connectivity index (χ3v) is 4.61. The van der Waals surface area contributed by atoms with Gasteiger partial charge in [-0.25, -0.2) is 0 Å². The molecule has 20 heavy (non-hydrogen) atoms. The molecule has 0 radical (unpaired) electrons. The topological polar surface area (TPSA) is 32.5 Å². The molecule has 2 atom stereocenters. The molecule has 3 heteroatoms. The summed E-state index contributed by atoms with van der Waals surface area (Å²) in [6.07, 6.45) is 2.57. The maximum absolute atomic E-state index is 6.11. The van der Waals surface area contributed by atoms with Crippen LogP contribution in [0.4, 0.5) is 0 Å². The van der Waals surface area contributed by atoms with Crippen LogP contribution in [0.2, 0.25) is 0 Å². The highest BCUT2D eigenvalue weighted by atomic mass is 15.2. The Hall–Kier alpha value is -0.900. The van der Waals surface area contributed by atoms with Crippen molar-refractivity contribution in [2.45, 2.75) is 38.8 Å². The summed E-state index contributed by atoms with van der Waals surface area (Å²) in [5.41, 5.74) is 10.2. The van der Waals surface area contributed by atoms with Gasteiger partial charge in [-0.15, -0.1) is 0 Å². The van der Waals surface area contributed by atoms with Gasteiger partial charge in [0.1, 0.15) is 0 Å². The molecule has 1 aromatic carbocycles. The monoisotopic (exact) mass is 275 g/mol. The van der Waals surface area contributed by atoms with Crippen molar-refractivity contribution in [3.63, 3.8) is 0 Å². The first-order chi connectivity index (χ1) is 9.52. The maximum Gasteiger partial charge on any atom is 0.0473 e. The fraction of sp³-hybridized carbons (Fsp3) is 0.647. The largest absolute Gasteiger partial charge is 0.329 e. The van der Waals surface area contributed by atoms with Gasteiger partial charge >= 0.3 is 0 Å². The number of hydrogen-bond acceptors (Lipinski definition) is 3. The van der Waals surface area contributed by atoms with Crippen LogP contribution in [0.5, 0.6) is 0 Å². The zero-order valence-electron chi connectivity index (χ0n) is 13.4. The van der Waals surface area contributed by atoms with Gasteiger partial charge in [-0.05, 0) is 58.5 Å². The van der Waals surface area contributed by atoms with Crippen LogP contribution >= 0.6 is 0 Å². The number of aryl methyl sites for hydroxylation is 2. The Labute approximate surface area is 123 Å². The van der Waals surface area contributed by atoms with Crippen LogP contribution in [0, 0.1) is 13.8 Å². The quantitative estimate of drug-likeness (QED) is 0.915. The summed E-state index contributed by atoms with van der Waals surface area (Å²) in [6, 6.07) is 7.76. The van der Waals surface area contributed by atoms with Gasteiger partial charge < -0.3 is 10.6 Å². The van der Waals surface area contributed by atoms with Crippen molar-refractivity contribution in [2.75, 3.05) is 33.7 Å². The van der Waals surface area contributed by atoms with Crippen molar-refractivity contribution < 1.29 is 0 Å². The van der Waals surface area contributed by atoms with E-state index in [2.05, 4.69) is 55.9 Å². The minimum absolute atomic E-state index is 0.360. The molecule has 1 saturated heterocycles. The van der Waals surface area contributed by atoms with E-state index in [1.807, 2.05) is 0 Å². The van der Waals surface area contributed by atoms with E-state index < -0.39 is 0 Å². The van der Waals surface area contributed by atoms with E-state index in [9.17, 15) is 0 Å². The minimum atomic E-state index is 0.360. The van der Waals surface area contributed by atoms with Crippen molar-refractivity contribution in [2.24, 2.45) is 5.73 Å². The molecule has 1 aliphatic rings. The second-order valence-corrected chi connectivity index (χ2v) is 6.37.